The molecule has 4 rings (SSSR count). The van der Waals surface area contributed by atoms with E-state index in [1.807, 2.05) is 30.5 Å². The van der Waals surface area contributed by atoms with Crippen LogP contribution in [0.3, 0.4) is 0 Å². The Morgan fingerprint density at radius 1 is 1.30 bits per heavy atom. The van der Waals surface area contributed by atoms with Gasteiger partial charge < -0.3 is 10.2 Å². The predicted octanol–water partition coefficient (Wildman–Crippen LogP) is 4.42. The van der Waals surface area contributed by atoms with Gasteiger partial charge in [0.15, 0.2) is 10.9 Å². The summed E-state index contributed by atoms with van der Waals surface area (Å²) in [5, 5.41) is 5.87. The van der Waals surface area contributed by atoms with E-state index in [1.165, 1.54) is 23.5 Å². The maximum atomic E-state index is 14.3. The molecular weight excluding hydrogens is 425 g/mol. The zero-order valence-electron chi connectivity index (χ0n) is 16.4. The van der Waals surface area contributed by atoms with Crippen molar-refractivity contribution in [2.75, 3.05) is 25.0 Å². The highest BCUT2D eigenvalue weighted by molar-refractivity contribution is 7.13. The first-order valence-electron chi connectivity index (χ1n) is 9.61. The van der Waals surface area contributed by atoms with E-state index in [0.717, 1.165) is 16.6 Å². The number of thiazole rings is 1. The molecule has 3 heterocycles. The highest BCUT2D eigenvalue weighted by atomic mass is 35.5. The second-order valence-electron chi connectivity index (χ2n) is 7.16. The molecule has 0 spiro atoms. The molecule has 0 saturated carbocycles. The number of hydrogen-bond donors (Lipinski definition) is 1. The number of benzene rings is 1. The molecule has 1 amide bonds. The largest absolute Gasteiger partial charge is 0.333 e. The van der Waals surface area contributed by atoms with Crippen LogP contribution in [0.25, 0.3) is 0 Å². The van der Waals surface area contributed by atoms with Crippen LogP contribution in [0.5, 0.6) is 0 Å². The van der Waals surface area contributed by atoms with Gasteiger partial charge in [-0.05, 0) is 31.2 Å². The van der Waals surface area contributed by atoms with Crippen molar-refractivity contribution < 1.29 is 9.18 Å². The van der Waals surface area contributed by atoms with Crippen LogP contribution >= 0.6 is 22.9 Å². The number of anilines is 2. The van der Waals surface area contributed by atoms with Crippen molar-refractivity contribution in [2.45, 2.75) is 19.5 Å². The average molecular weight is 446 g/mol. The van der Waals surface area contributed by atoms with Crippen LogP contribution in [-0.4, -0.2) is 51.4 Å². The SMILES string of the molecule is C[C@@H]1CN(Cc2cccc(Nc3nccs3)n2)CCN1C(=O)c1cccc(Cl)c1F. The first-order chi connectivity index (χ1) is 14.5. The summed E-state index contributed by atoms with van der Waals surface area (Å²) in [5.74, 6) is -0.233. The monoisotopic (exact) mass is 445 g/mol. The summed E-state index contributed by atoms with van der Waals surface area (Å²) < 4.78 is 14.3. The molecule has 1 aromatic carbocycles. The zero-order chi connectivity index (χ0) is 21.1. The number of rotatable bonds is 5. The number of piperazine rings is 1. The highest BCUT2D eigenvalue weighted by Crippen LogP contribution is 2.22. The Hall–Kier alpha value is -2.55. The molecule has 1 fully saturated rings. The second-order valence-corrected chi connectivity index (χ2v) is 8.46. The fourth-order valence-corrected chi connectivity index (χ4v) is 4.27. The standard InChI is InChI=1S/C21H21ClFN5OS/c1-14-12-27(9-10-28(14)20(29)16-5-3-6-17(22)19(16)23)13-15-4-2-7-18(25-15)26-21-24-8-11-30-21/h2-8,11,14H,9-10,12-13H2,1H3,(H,24,25,26)/t14-/m1/s1. The Morgan fingerprint density at radius 2 is 2.13 bits per heavy atom. The molecule has 1 atom stereocenters. The van der Waals surface area contributed by atoms with Gasteiger partial charge in [-0.15, -0.1) is 11.3 Å². The van der Waals surface area contributed by atoms with Crippen molar-refractivity contribution >= 4 is 39.8 Å². The lowest BCUT2D eigenvalue weighted by molar-refractivity contribution is 0.0469. The number of pyridine rings is 1. The lowest BCUT2D eigenvalue weighted by Crippen LogP contribution is -2.53. The summed E-state index contributed by atoms with van der Waals surface area (Å²) in [7, 11) is 0. The van der Waals surface area contributed by atoms with Gasteiger partial charge >= 0.3 is 0 Å². The van der Waals surface area contributed by atoms with Gasteiger partial charge in [-0.2, -0.15) is 0 Å². The summed E-state index contributed by atoms with van der Waals surface area (Å²) in [6, 6.07) is 10.3. The van der Waals surface area contributed by atoms with Crippen LogP contribution in [0.4, 0.5) is 15.3 Å². The number of nitrogens with one attached hydrogen (secondary N) is 1. The molecule has 3 aromatic rings. The molecule has 1 saturated heterocycles. The molecule has 0 bridgehead atoms. The fraction of sp³-hybridized carbons (Fsp3) is 0.286. The van der Waals surface area contributed by atoms with E-state index in [-0.39, 0.29) is 22.5 Å². The Kier molecular flexibility index (Phi) is 6.26. The molecule has 6 nitrogen and oxygen atoms in total. The van der Waals surface area contributed by atoms with E-state index in [4.69, 9.17) is 11.6 Å². The number of halogens is 2. The Balaban J connectivity index is 1.39. The van der Waals surface area contributed by atoms with Crippen molar-refractivity contribution in [3.05, 3.63) is 70.1 Å². The smallest absolute Gasteiger partial charge is 0.257 e. The fourth-order valence-electron chi connectivity index (χ4n) is 3.56. The van der Waals surface area contributed by atoms with Crippen molar-refractivity contribution in [3.8, 4) is 0 Å². The molecular formula is C21H21ClFN5OS. The minimum absolute atomic E-state index is 0.0189. The molecule has 1 aliphatic heterocycles. The summed E-state index contributed by atoms with van der Waals surface area (Å²) in [5.41, 5.74) is 0.954. The number of nitrogens with zero attached hydrogens (tertiary/aromatic N) is 4. The number of amides is 1. The normalized spacial score (nSPS) is 17.2. The maximum Gasteiger partial charge on any atom is 0.257 e. The molecule has 1 aliphatic rings. The molecule has 0 unspecified atom stereocenters. The number of carbonyl (C=O) groups excluding carboxylic acids is 1. The molecule has 2 aromatic heterocycles. The van der Waals surface area contributed by atoms with Crippen molar-refractivity contribution in [3.63, 3.8) is 0 Å². The van der Waals surface area contributed by atoms with Gasteiger partial charge in [-0.3, -0.25) is 9.69 Å². The van der Waals surface area contributed by atoms with Gasteiger partial charge in [0.1, 0.15) is 5.82 Å². The van der Waals surface area contributed by atoms with Gasteiger partial charge in [0, 0.05) is 43.8 Å². The van der Waals surface area contributed by atoms with Crippen molar-refractivity contribution in [1.29, 1.82) is 0 Å². The van der Waals surface area contributed by atoms with Crippen LogP contribution in [0.15, 0.2) is 48.0 Å². The first-order valence-corrected chi connectivity index (χ1v) is 10.9. The Bertz CT molecular complexity index is 1030. The van der Waals surface area contributed by atoms with E-state index in [0.29, 0.717) is 26.2 Å². The van der Waals surface area contributed by atoms with E-state index >= 15 is 0 Å². The van der Waals surface area contributed by atoms with Crippen molar-refractivity contribution in [1.82, 2.24) is 19.8 Å². The van der Waals surface area contributed by atoms with Gasteiger partial charge in [0.2, 0.25) is 0 Å². The highest BCUT2D eigenvalue weighted by Gasteiger charge is 2.30. The zero-order valence-corrected chi connectivity index (χ0v) is 18.0. The van der Waals surface area contributed by atoms with Gasteiger partial charge in [0.05, 0.1) is 16.3 Å². The van der Waals surface area contributed by atoms with Gasteiger partial charge in [-0.1, -0.05) is 23.7 Å². The van der Waals surface area contributed by atoms with Crippen LogP contribution < -0.4 is 5.32 Å². The first kappa shape index (κ1) is 20.7. The minimum Gasteiger partial charge on any atom is -0.333 e. The Morgan fingerprint density at radius 3 is 2.90 bits per heavy atom. The number of carbonyl (C=O) groups is 1. The minimum atomic E-state index is -0.660. The Labute approximate surface area is 183 Å². The van der Waals surface area contributed by atoms with Gasteiger partial charge in [-0.25, -0.2) is 14.4 Å². The molecule has 0 radical (unpaired) electrons. The maximum absolute atomic E-state index is 14.3. The molecule has 0 aliphatic carbocycles. The predicted molar refractivity (Wildman–Crippen MR) is 117 cm³/mol. The number of hydrogen-bond acceptors (Lipinski definition) is 6. The molecule has 156 valence electrons. The lowest BCUT2D eigenvalue weighted by atomic mass is 10.1. The van der Waals surface area contributed by atoms with Crippen LogP contribution in [-0.2, 0) is 6.54 Å². The summed E-state index contributed by atoms with van der Waals surface area (Å²) in [6.07, 6.45) is 1.74. The third-order valence-corrected chi connectivity index (χ3v) is 5.99. The summed E-state index contributed by atoms with van der Waals surface area (Å²) >= 11 is 7.35. The van der Waals surface area contributed by atoms with Gasteiger partial charge in [0.25, 0.3) is 5.91 Å². The molecule has 30 heavy (non-hydrogen) atoms. The summed E-state index contributed by atoms with van der Waals surface area (Å²) in [4.78, 5) is 25.7. The van der Waals surface area contributed by atoms with E-state index in [1.54, 1.807) is 17.2 Å². The molecule has 1 N–H and O–H groups in total. The van der Waals surface area contributed by atoms with Crippen LogP contribution in [0.2, 0.25) is 5.02 Å². The van der Waals surface area contributed by atoms with E-state index < -0.39 is 5.82 Å². The van der Waals surface area contributed by atoms with Crippen molar-refractivity contribution in [2.24, 2.45) is 0 Å². The average Bonchev–Trinajstić information content (AvgIpc) is 3.23. The topological polar surface area (TPSA) is 61.4 Å². The third kappa shape index (κ3) is 4.61. The third-order valence-electron chi connectivity index (χ3n) is 5.01. The lowest BCUT2D eigenvalue weighted by Gasteiger charge is -2.39. The quantitative estimate of drug-likeness (QED) is 0.629. The number of aromatic nitrogens is 2. The summed E-state index contributed by atoms with van der Waals surface area (Å²) in [6.45, 7) is 4.53. The van der Waals surface area contributed by atoms with Crippen LogP contribution in [0.1, 0.15) is 23.0 Å². The van der Waals surface area contributed by atoms with E-state index in [2.05, 4.69) is 20.2 Å². The second kappa shape index (κ2) is 9.07. The van der Waals surface area contributed by atoms with Crippen LogP contribution in [0, 0.1) is 5.82 Å². The molecule has 9 heteroatoms. The van der Waals surface area contributed by atoms with E-state index in [9.17, 15) is 9.18 Å².